The number of anilines is 1. The highest BCUT2D eigenvalue weighted by atomic mass is 16.7. The quantitative estimate of drug-likeness (QED) is 0.850. The number of carbonyl (C=O) groups excluding carboxylic acids is 2. The van der Waals surface area contributed by atoms with Gasteiger partial charge in [-0.15, -0.1) is 0 Å². The van der Waals surface area contributed by atoms with E-state index in [0.717, 1.165) is 37.0 Å². The first-order valence-corrected chi connectivity index (χ1v) is 9.97. The first-order valence-electron chi connectivity index (χ1n) is 9.97. The summed E-state index contributed by atoms with van der Waals surface area (Å²) in [4.78, 5) is 26.5. The molecule has 1 aliphatic carbocycles. The summed E-state index contributed by atoms with van der Waals surface area (Å²) in [6, 6.07) is 12.8. The van der Waals surface area contributed by atoms with Crippen molar-refractivity contribution >= 4 is 23.2 Å². The van der Waals surface area contributed by atoms with Crippen molar-refractivity contribution in [3.05, 3.63) is 60.2 Å². The third-order valence-corrected chi connectivity index (χ3v) is 5.79. The van der Waals surface area contributed by atoms with E-state index in [2.05, 4.69) is 11.9 Å². The van der Waals surface area contributed by atoms with Crippen molar-refractivity contribution < 1.29 is 19.1 Å². The molecule has 0 atom stereocenters. The molecule has 2 aliphatic heterocycles. The summed E-state index contributed by atoms with van der Waals surface area (Å²) >= 11 is 0. The smallest absolute Gasteiger partial charge is 0.258 e. The highest BCUT2D eigenvalue weighted by Crippen LogP contribution is 2.47. The molecule has 6 heteroatoms. The molecule has 0 radical (unpaired) electrons. The number of hydrogen-bond donors (Lipinski definition) is 1. The normalized spacial score (nSPS) is 18.4. The van der Waals surface area contributed by atoms with E-state index in [1.165, 1.54) is 0 Å². The Labute approximate surface area is 169 Å². The Morgan fingerprint density at radius 1 is 1.07 bits per heavy atom. The van der Waals surface area contributed by atoms with Crippen LogP contribution in [0.4, 0.5) is 5.69 Å². The topological polar surface area (TPSA) is 67.9 Å². The molecule has 1 N–H and O–H groups in total. The fraction of sp³-hybridized carbons (Fsp3) is 0.304. The van der Waals surface area contributed by atoms with Crippen molar-refractivity contribution in [2.75, 3.05) is 11.9 Å². The van der Waals surface area contributed by atoms with Gasteiger partial charge < -0.3 is 19.7 Å². The second-order valence-electron chi connectivity index (χ2n) is 7.73. The molecule has 5 rings (SSSR count). The lowest BCUT2D eigenvalue weighted by Gasteiger charge is -2.21. The van der Waals surface area contributed by atoms with Crippen molar-refractivity contribution in [1.82, 2.24) is 4.90 Å². The number of amides is 2. The largest absolute Gasteiger partial charge is 0.448 e. The number of fused-ring (bicyclic) bond motifs is 2. The first kappa shape index (κ1) is 17.8. The summed E-state index contributed by atoms with van der Waals surface area (Å²) in [7, 11) is 0. The molecule has 1 fully saturated rings. The van der Waals surface area contributed by atoms with Crippen LogP contribution in [0.15, 0.2) is 49.0 Å². The zero-order valence-corrected chi connectivity index (χ0v) is 16.1. The second-order valence-corrected chi connectivity index (χ2v) is 7.73. The van der Waals surface area contributed by atoms with Crippen LogP contribution < -0.4 is 14.8 Å². The van der Waals surface area contributed by atoms with E-state index in [1.807, 2.05) is 30.3 Å². The van der Waals surface area contributed by atoms with Crippen molar-refractivity contribution in [3.63, 3.8) is 0 Å². The molecule has 2 amide bonds. The van der Waals surface area contributed by atoms with Gasteiger partial charge in [-0.2, -0.15) is 0 Å². The molecule has 0 unspecified atom stereocenters. The van der Waals surface area contributed by atoms with E-state index in [9.17, 15) is 9.59 Å². The maximum Gasteiger partial charge on any atom is 0.258 e. The number of benzene rings is 2. The molecule has 148 valence electrons. The molecule has 29 heavy (non-hydrogen) atoms. The minimum atomic E-state index is -0.517. The van der Waals surface area contributed by atoms with Crippen LogP contribution >= 0.6 is 0 Å². The molecular formula is C23H22N2O4. The molecule has 0 saturated heterocycles. The number of nitrogens with one attached hydrogen (secondary N) is 1. The van der Waals surface area contributed by atoms with Crippen LogP contribution in [-0.4, -0.2) is 29.0 Å². The van der Waals surface area contributed by atoms with E-state index >= 15 is 0 Å². The van der Waals surface area contributed by atoms with Gasteiger partial charge >= 0.3 is 0 Å². The van der Waals surface area contributed by atoms with Crippen molar-refractivity contribution in [2.24, 2.45) is 0 Å². The molecule has 3 aliphatic rings. The Morgan fingerprint density at radius 3 is 2.55 bits per heavy atom. The average Bonchev–Trinajstić information content (AvgIpc) is 3.38. The van der Waals surface area contributed by atoms with Crippen LogP contribution in [0.1, 0.15) is 48.0 Å². The predicted octanol–water partition coefficient (Wildman–Crippen LogP) is 4.18. The van der Waals surface area contributed by atoms with Gasteiger partial charge in [0.15, 0.2) is 11.5 Å². The first-order chi connectivity index (χ1) is 14.0. The van der Waals surface area contributed by atoms with E-state index in [4.69, 9.17) is 9.47 Å². The molecule has 1 spiro atoms. The zero-order valence-electron chi connectivity index (χ0n) is 16.1. The molecule has 1 saturated carbocycles. The minimum Gasteiger partial charge on any atom is -0.448 e. The second kappa shape index (κ2) is 6.65. The standard InChI is InChI=1S/C23H22N2O4/c1-15-17-6-2-3-7-18(17)22(27)25(15)13-10-21(26)24-16-8-9-19-20(14-16)29-23(28-19)11-4-5-12-23/h2-3,6-9,14H,1,4-5,10-13H2,(H,24,26). The Bertz CT molecular complexity index is 988. The molecule has 2 heterocycles. The van der Waals surface area contributed by atoms with Crippen LogP contribution in [0.5, 0.6) is 11.5 Å². The number of carbonyl (C=O) groups is 2. The van der Waals surface area contributed by atoms with E-state index in [-0.39, 0.29) is 24.8 Å². The SMILES string of the molecule is C=C1c2ccccc2C(=O)N1CCC(=O)Nc1ccc2c(c1)OC1(CCCC1)O2. The van der Waals surface area contributed by atoms with E-state index < -0.39 is 5.79 Å². The third kappa shape index (κ3) is 3.05. The van der Waals surface area contributed by atoms with Crippen LogP contribution in [0.2, 0.25) is 0 Å². The summed E-state index contributed by atoms with van der Waals surface area (Å²) in [6.45, 7) is 4.29. The summed E-state index contributed by atoms with van der Waals surface area (Å²) in [5, 5.41) is 2.88. The van der Waals surface area contributed by atoms with Gasteiger partial charge in [-0.05, 0) is 31.0 Å². The monoisotopic (exact) mass is 390 g/mol. The molecule has 6 nitrogen and oxygen atoms in total. The van der Waals surface area contributed by atoms with Crippen molar-refractivity contribution in [1.29, 1.82) is 0 Å². The highest BCUT2D eigenvalue weighted by molar-refractivity contribution is 6.09. The predicted molar refractivity (Wildman–Crippen MR) is 109 cm³/mol. The van der Waals surface area contributed by atoms with Gasteiger partial charge in [-0.3, -0.25) is 9.59 Å². The van der Waals surface area contributed by atoms with Gasteiger partial charge in [0.1, 0.15) is 0 Å². The molecular weight excluding hydrogens is 368 g/mol. The van der Waals surface area contributed by atoms with Gasteiger partial charge in [0.2, 0.25) is 5.91 Å². The van der Waals surface area contributed by atoms with Gasteiger partial charge in [0.05, 0.1) is 0 Å². The zero-order chi connectivity index (χ0) is 20.0. The van der Waals surface area contributed by atoms with Gasteiger partial charge in [-0.1, -0.05) is 24.8 Å². The lowest BCUT2D eigenvalue weighted by atomic mass is 10.1. The number of nitrogens with zero attached hydrogens (tertiary/aromatic N) is 1. The number of hydrogen-bond acceptors (Lipinski definition) is 4. The Kier molecular flexibility index (Phi) is 4.08. The minimum absolute atomic E-state index is 0.108. The van der Waals surface area contributed by atoms with Gasteiger partial charge in [0, 0.05) is 54.4 Å². The molecule has 2 aromatic carbocycles. The number of ether oxygens (including phenoxy) is 2. The van der Waals surface area contributed by atoms with Crippen LogP contribution in [-0.2, 0) is 4.79 Å². The maximum absolute atomic E-state index is 12.5. The van der Waals surface area contributed by atoms with Crippen molar-refractivity contribution in [2.45, 2.75) is 37.9 Å². The fourth-order valence-electron chi connectivity index (χ4n) is 4.30. The summed E-state index contributed by atoms with van der Waals surface area (Å²) in [5.41, 5.74) is 2.76. The lowest BCUT2D eigenvalue weighted by Crippen LogP contribution is -2.34. The Balaban J connectivity index is 1.21. The Hall–Kier alpha value is -3.28. The van der Waals surface area contributed by atoms with Crippen LogP contribution in [0.25, 0.3) is 5.70 Å². The van der Waals surface area contributed by atoms with Crippen LogP contribution in [0, 0.1) is 0 Å². The lowest BCUT2D eigenvalue weighted by molar-refractivity contribution is -0.116. The highest BCUT2D eigenvalue weighted by Gasteiger charge is 2.44. The fourth-order valence-corrected chi connectivity index (χ4v) is 4.30. The molecule has 0 aromatic heterocycles. The number of rotatable bonds is 4. The van der Waals surface area contributed by atoms with Gasteiger partial charge in [0.25, 0.3) is 11.7 Å². The van der Waals surface area contributed by atoms with Crippen molar-refractivity contribution in [3.8, 4) is 11.5 Å². The van der Waals surface area contributed by atoms with E-state index in [1.54, 1.807) is 17.0 Å². The third-order valence-electron chi connectivity index (χ3n) is 5.79. The summed E-state index contributed by atoms with van der Waals surface area (Å²) in [5.74, 6) is 0.598. The van der Waals surface area contributed by atoms with Gasteiger partial charge in [-0.25, -0.2) is 0 Å². The van der Waals surface area contributed by atoms with Crippen LogP contribution in [0.3, 0.4) is 0 Å². The maximum atomic E-state index is 12.5. The van der Waals surface area contributed by atoms with E-state index in [0.29, 0.717) is 22.7 Å². The molecule has 0 bridgehead atoms. The Morgan fingerprint density at radius 2 is 1.79 bits per heavy atom. The average molecular weight is 390 g/mol. The molecule has 2 aromatic rings. The summed E-state index contributed by atoms with van der Waals surface area (Å²) < 4.78 is 12.0. The summed E-state index contributed by atoms with van der Waals surface area (Å²) in [6.07, 6.45) is 4.15.